The van der Waals surface area contributed by atoms with E-state index in [1.54, 1.807) is 0 Å². The van der Waals surface area contributed by atoms with Crippen LogP contribution in [0.2, 0.25) is 0 Å². The van der Waals surface area contributed by atoms with Gasteiger partial charge in [-0.25, -0.2) is 4.98 Å². The van der Waals surface area contributed by atoms with Crippen molar-refractivity contribution in [2.24, 2.45) is 0 Å². The van der Waals surface area contributed by atoms with Gasteiger partial charge in [-0.3, -0.25) is 4.79 Å². The number of benzene rings is 1. The summed E-state index contributed by atoms with van der Waals surface area (Å²) in [6, 6.07) is 10.1. The molecule has 0 amide bonds. The highest BCUT2D eigenvalue weighted by Gasteiger charge is 2.22. The molecule has 2 heterocycles. The first-order valence-corrected chi connectivity index (χ1v) is 5.89. The summed E-state index contributed by atoms with van der Waals surface area (Å²) in [6.07, 6.45) is 1.48. The van der Waals surface area contributed by atoms with E-state index in [0.29, 0.717) is 18.7 Å². The number of nitrogens with zero attached hydrogens (tertiary/aromatic N) is 2. The maximum Gasteiger partial charge on any atom is 0.152 e. The molecule has 0 N–H and O–H groups in total. The van der Waals surface area contributed by atoms with Gasteiger partial charge in [0.25, 0.3) is 0 Å². The van der Waals surface area contributed by atoms with Gasteiger partial charge in [0.1, 0.15) is 5.82 Å². The zero-order valence-corrected chi connectivity index (χ0v) is 9.81. The van der Waals surface area contributed by atoms with Crippen molar-refractivity contribution in [1.82, 2.24) is 9.55 Å². The molecule has 1 aromatic heterocycles. The second-order valence-corrected chi connectivity index (χ2v) is 4.46. The number of fused-ring (bicyclic) bond motifs is 1. The Bertz CT molecular complexity index is 569. The Morgan fingerprint density at radius 1 is 1.18 bits per heavy atom. The van der Waals surface area contributed by atoms with Crippen LogP contribution in [0.15, 0.2) is 30.3 Å². The average Bonchev–Trinajstić information content (AvgIpc) is 2.67. The molecule has 86 valence electrons. The Labute approximate surface area is 100 Å². The fraction of sp³-hybridized carbons (Fsp3) is 0.286. The molecule has 1 aliphatic rings. The molecule has 0 saturated carbocycles. The fourth-order valence-electron chi connectivity index (χ4n) is 2.41. The van der Waals surface area contributed by atoms with E-state index in [9.17, 15) is 4.79 Å². The predicted molar refractivity (Wildman–Crippen MR) is 65.7 cm³/mol. The van der Waals surface area contributed by atoms with Crippen LogP contribution in [0.5, 0.6) is 0 Å². The number of Topliss-reactive ketones (excluding diaryl/α,β-unsaturated/α-hetero) is 1. The molecule has 0 radical (unpaired) electrons. The molecular weight excluding hydrogens is 212 g/mol. The molecule has 0 atom stereocenters. The Kier molecular flexibility index (Phi) is 2.32. The number of rotatable bonds is 1. The van der Waals surface area contributed by atoms with Crippen LogP contribution < -0.4 is 0 Å². The smallest absolute Gasteiger partial charge is 0.152 e. The number of carbonyl (C=O) groups is 1. The molecule has 0 aliphatic carbocycles. The van der Waals surface area contributed by atoms with E-state index in [2.05, 4.69) is 9.55 Å². The first-order valence-electron chi connectivity index (χ1n) is 5.89. The van der Waals surface area contributed by atoms with Crippen molar-refractivity contribution in [2.75, 3.05) is 0 Å². The maximum absolute atomic E-state index is 11.6. The minimum atomic E-state index is 0.298. The Hall–Kier alpha value is -1.90. The Balaban J connectivity index is 2.16. The van der Waals surface area contributed by atoms with Gasteiger partial charge in [0.15, 0.2) is 5.78 Å². The van der Waals surface area contributed by atoms with E-state index in [0.717, 1.165) is 23.5 Å². The molecule has 0 unspecified atom stereocenters. The first-order chi connectivity index (χ1) is 8.25. The molecule has 0 spiro atoms. The molecule has 0 fully saturated rings. The predicted octanol–water partition coefficient (Wildman–Crippen LogP) is 2.37. The van der Waals surface area contributed by atoms with Crippen LogP contribution in [0.1, 0.15) is 17.8 Å². The quantitative estimate of drug-likeness (QED) is 0.748. The molecule has 1 aliphatic heterocycles. The fourth-order valence-corrected chi connectivity index (χ4v) is 2.41. The molecule has 17 heavy (non-hydrogen) atoms. The summed E-state index contributed by atoms with van der Waals surface area (Å²) in [5.41, 5.74) is 3.34. The standard InChI is InChI=1S/C14H14N2O/c1-10-13-8-7-12(17)9-16(13)14(15-10)11-5-3-2-4-6-11/h2-6H,7-9H2,1H3. The monoisotopic (exact) mass is 226 g/mol. The third kappa shape index (κ3) is 1.68. The number of hydrogen-bond donors (Lipinski definition) is 0. The van der Waals surface area contributed by atoms with Gasteiger partial charge in [0.05, 0.1) is 12.2 Å². The van der Waals surface area contributed by atoms with Crippen molar-refractivity contribution < 1.29 is 4.79 Å². The SMILES string of the molecule is Cc1nc(-c2ccccc2)n2c1CCC(=O)C2. The molecular formula is C14H14N2O. The van der Waals surface area contributed by atoms with Crippen LogP contribution in [0, 0.1) is 6.92 Å². The third-order valence-electron chi connectivity index (χ3n) is 3.28. The summed E-state index contributed by atoms with van der Waals surface area (Å²) in [5, 5.41) is 0. The molecule has 0 saturated heterocycles. The summed E-state index contributed by atoms with van der Waals surface area (Å²) in [6.45, 7) is 2.49. The van der Waals surface area contributed by atoms with Crippen LogP contribution in [0.25, 0.3) is 11.4 Å². The molecule has 3 heteroatoms. The van der Waals surface area contributed by atoms with Crippen molar-refractivity contribution >= 4 is 5.78 Å². The minimum Gasteiger partial charge on any atom is -0.320 e. The molecule has 3 rings (SSSR count). The third-order valence-corrected chi connectivity index (χ3v) is 3.28. The lowest BCUT2D eigenvalue weighted by Crippen LogP contribution is -2.20. The van der Waals surface area contributed by atoms with E-state index >= 15 is 0 Å². The van der Waals surface area contributed by atoms with Crippen LogP contribution >= 0.6 is 0 Å². The van der Waals surface area contributed by atoms with E-state index in [1.165, 1.54) is 5.69 Å². The molecule has 3 nitrogen and oxygen atoms in total. The van der Waals surface area contributed by atoms with Gasteiger partial charge in [-0.1, -0.05) is 30.3 Å². The van der Waals surface area contributed by atoms with E-state index in [1.807, 2.05) is 37.3 Å². The maximum atomic E-state index is 11.6. The van der Waals surface area contributed by atoms with Crippen molar-refractivity contribution in [3.63, 3.8) is 0 Å². The number of carbonyl (C=O) groups excluding carboxylic acids is 1. The summed E-state index contributed by atoms with van der Waals surface area (Å²) in [7, 11) is 0. The number of hydrogen-bond acceptors (Lipinski definition) is 2. The van der Waals surface area contributed by atoms with Gasteiger partial charge in [-0.2, -0.15) is 0 Å². The van der Waals surface area contributed by atoms with E-state index in [-0.39, 0.29) is 0 Å². The minimum absolute atomic E-state index is 0.298. The van der Waals surface area contributed by atoms with Gasteiger partial charge in [-0.05, 0) is 13.3 Å². The van der Waals surface area contributed by atoms with Gasteiger partial charge >= 0.3 is 0 Å². The van der Waals surface area contributed by atoms with Crippen molar-refractivity contribution in [2.45, 2.75) is 26.3 Å². The highest BCUT2D eigenvalue weighted by Crippen LogP contribution is 2.25. The van der Waals surface area contributed by atoms with Gasteiger partial charge in [0, 0.05) is 17.7 Å². The normalized spacial score (nSPS) is 14.8. The lowest BCUT2D eigenvalue weighted by Gasteiger charge is -2.16. The Morgan fingerprint density at radius 3 is 2.71 bits per heavy atom. The van der Waals surface area contributed by atoms with Crippen molar-refractivity contribution in [3.05, 3.63) is 41.7 Å². The van der Waals surface area contributed by atoms with Crippen LogP contribution in [-0.4, -0.2) is 15.3 Å². The zero-order valence-electron chi connectivity index (χ0n) is 9.81. The van der Waals surface area contributed by atoms with Crippen LogP contribution in [0.4, 0.5) is 0 Å². The van der Waals surface area contributed by atoms with Gasteiger partial charge in [0.2, 0.25) is 0 Å². The van der Waals surface area contributed by atoms with E-state index < -0.39 is 0 Å². The summed E-state index contributed by atoms with van der Waals surface area (Å²) in [5.74, 6) is 1.22. The molecule has 1 aromatic carbocycles. The van der Waals surface area contributed by atoms with Gasteiger partial charge in [-0.15, -0.1) is 0 Å². The number of aryl methyl sites for hydroxylation is 1. The zero-order chi connectivity index (χ0) is 11.8. The second kappa shape index (κ2) is 3.84. The summed E-state index contributed by atoms with van der Waals surface area (Å²) < 4.78 is 2.07. The lowest BCUT2D eigenvalue weighted by molar-refractivity contribution is -0.120. The topological polar surface area (TPSA) is 34.9 Å². The summed E-state index contributed by atoms with van der Waals surface area (Å²) in [4.78, 5) is 16.2. The Morgan fingerprint density at radius 2 is 1.94 bits per heavy atom. The van der Waals surface area contributed by atoms with Gasteiger partial charge < -0.3 is 4.57 Å². The lowest BCUT2D eigenvalue weighted by atomic mass is 10.1. The second-order valence-electron chi connectivity index (χ2n) is 4.46. The molecule has 2 aromatic rings. The summed E-state index contributed by atoms with van der Waals surface area (Å²) >= 11 is 0. The number of aromatic nitrogens is 2. The molecule has 0 bridgehead atoms. The van der Waals surface area contributed by atoms with Crippen molar-refractivity contribution in [1.29, 1.82) is 0 Å². The first kappa shape index (κ1) is 10.3. The highest BCUT2D eigenvalue weighted by atomic mass is 16.1. The van der Waals surface area contributed by atoms with Crippen LogP contribution in [0.3, 0.4) is 0 Å². The number of ketones is 1. The van der Waals surface area contributed by atoms with E-state index in [4.69, 9.17) is 0 Å². The number of imidazole rings is 1. The van der Waals surface area contributed by atoms with Crippen molar-refractivity contribution in [3.8, 4) is 11.4 Å². The largest absolute Gasteiger partial charge is 0.320 e. The van der Waals surface area contributed by atoms with Crippen LogP contribution in [-0.2, 0) is 17.8 Å². The average molecular weight is 226 g/mol. The highest BCUT2D eigenvalue weighted by molar-refractivity contribution is 5.80.